The summed E-state index contributed by atoms with van der Waals surface area (Å²) >= 11 is 0. The minimum absolute atomic E-state index is 0.201. The van der Waals surface area contributed by atoms with E-state index in [0.29, 0.717) is 36.6 Å². The number of halogens is 1. The van der Waals surface area contributed by atoms with Gasteiger partial charge in [-0.05, 0) is 48.9 Å². The Balaban J connectivity index is 1.80. The lowest BCUT2D eigenvalue weighted by atomic mass is 10.2. The second kappa shape index (κ2) is 9.41. The molecule has 0 aromatic heterocycles. The van der Waals surface area contributed by atoms with Crippen LogP contribution in [0.2, 0.25) is 0 Å². The van der Waals surface area contributed by atoms with Crippen molar-refractivity contribution in [3.05, 3.63) is 59.9 Å². The number of carbonyl (C=O) groups is 2. The third-order valence-electron chi connectivity index (χ3n) is 3.51. The lowest BCUT2D eigenvalue weighted by Gasteiger charge is -2.17. The van der Waals surface area contributed by atoms with Crippen LogP contribution in [0.15, 0.2) is 48.5 Å². The van der Waals surface area contributed by atoms with Crippen molar-refractivity contribution < 1.29 is 28.6 Å². The predicted molar refractivity (Wildman–Crippen MR) is 93.0 cm³/mol. The monoisotopic (exact) mass is 361 g/mol. The molecular formula is C19H20FNO5. The molecule has 138 valence electrons. The van der Waals surface area contributed by atoms with Crippen molar-refractivity contribution in [2.75, 3.05) is 26.8 Å². The van der Waals surface area contributed by atoms with Crippen molar-refractivity contribution in [1.82, 2.24) is 4.90 Å². The van der Waals surface area contributed by atoms with Gasteiger partial charge in [-0.1, -0.05) is 6.07 Å². The van der Waals surface area contributed by atoms with Gasteiger partial charge in [-0.3, -0.25) is 4.79 Å². The first-order valence-electron chi connectivity index (χ1n) is 8.04. The van der Waals surface area contributed by atoms with Crippen LogP contribution in [-0.2, 0) is 4.79 Å². The van der Waals surface area contributed by atoms with Crippen LogP contribution in [0.4, 0.5) is 4.39 Å². The number of carboxylic acid groups (broad SMARTS) is 1. The summed E-state index contributed by atoms with van der Waals surface area (Å²) in [4.78, 5) is 24.5. The maximum Gasteiger partial charge on any atom is 0.341 e. The van der Waals surface area contributed by atoms with E-state index in [1.54, 1.807) is 42.3 Å². The summed E-state index contributed by atoms with van der Waals surface area (Å²) < 4.78 is 23.4. The molecule has 7 heteroatoms. The van der Waals surface area contributed by atoms with Crippen molar-refractivity contribution in [3.63, 3.8) is 0 Å². The van der Waals surface area contributed by atoms with E-state index < -0.39 is 12.6 Å². The molecule has 0 radical (unpaired) electrons. The fourth-order valence-electron chi connectivity index (χ4n) is 2.21. The van der Waals surface area contributed by atoms with Crippen molar-refractivity contribution in [3.8, 4) is 11.5 Å². The molecule has 1 amide bonds. The van der Waals surface area contributed by atoms with Gasteiger partial charge in [0.2, 0.25) is 0 Å². The molecule has 2 rings (SSSR count). The van der Waals surface area contributed by atoms with Crippen LogP contribution in [0.1, 0.15) is 16.8 Å². The van der Waals surface area contributed by atoms with Crippen LogP contribution in [0.5, 0.6) is 11.5 Å². The third-order valence-corrected chi connectivity index (χ3v) is 3.51. The highest BCUT2D eigenvalue weighted by Crippen LogP contribution is 2.15. The fourth-order valence-corrected chi connectivity index (χ4v) is 2.21. The van der Waals surface area contributed by atoms with Crippen molar-refractivity contribution in [2.45, 2.75) is 6.42 Å². The number of carbonyl (C=O) groups excluding carboxylic acids is 1. The van der Waals surface area contributed by atoms with Gasteiger partial charge in [-0.25, -0.2) is 9.18 Å². The molecule has 0 saturated carbocycles. The standard InChI is InChI=1S/C19H20FNO5/c1-21(10-3-11-25-16-8-6-15(20)7-9-16)19(24)14-4-2-5-17(12-14)26-13-18(22)23/h2,4-9,12H,3,10-11,13H2,1H3,(H,22,23). The molecule has 6 nitrogen and oxygen atoms in total. The van der Waals surface area contributed by atoms with Crippen LogP contribution in [-0.4, -0.2) is 48.7 Å². The fraction of sp³-hybridized carbons (Fsp3) is 0.263. The summed E-state index contributed by atoms with van der Waals surface area (Å²) in [5.41, 5.74) is 0.412. The van der Waals surface area contributed by atoms with Gasteiger partial charge in [-0.2, -0.15) is 0 Å². The molecule has 0 saturated heterocycles. The van der Waals surface area contributed by atoms with E-state index in [9.17, 15) is 14.0 Å². The Morgan fingerprint density at radius 3 is 2.50 bits per heavy atom. The predicted octanol–water partition coefficient (Wildman–Crippen LogP) is 2.83. The number of ether oxygens (including phenoxy) is 2. The van der Waals surface area contributed by atoms with Gasteiger partial charge < -0.3 is 19.5 Å². The highest BCUT2D eigenvalue weighted by molar-refractivity contribution is 5.94. The largest absolute Gasteiger partial charge is 0.494 e. The van der Waals surface area contributed by atoms with Crippen LogP contribution in [0.25, 0.3) is 0 Å². The van der Waals surface area contributed by atoms with Crippen molar-refractivity contribution in [2.24, 2.45) is 0 Å². The molecule has 0 heterocycles. The zero-order valence-electron chi connectivity index (χ0n) is 14.4. The summed E-state index contributed by atoms with van der Waals surface area (Å²) in [6.45, 7) is 0.402. The smallest absolute Gasteiger partial charge is 0.341 e. The molecule has 0 fully saturated rings. The minimum Gasteiger partial charge on any atom is -0.494 e. The quantitative estimate of drug-likeness (QED) is 0.695. The summed E-state index contributed by atoms with van der Waals surface area (Å²) in [5, 5.41) is 8.63. The topological polar surface area (TPSA) is 76.1 Å². The number of hydrogen-bond donors (Lipinski definition) is 1. The van der Waals surface area contributed by atoms with Gasteiger partial charge in [0.25, 0.3) is 5.91 Å². The Morgan fingerprint density at radius 2 is 1.81 bits per heavy atom. The second-order valence-corrected chi connectivity index (χ2v) is 5.59. The molecule has 26 heavy (non-hydrogen) atoms. The first-order valence-corrected chi connectivity index (χ1v) is 8.04. The van der Waals surface area contributed by atoms with Crippen LogP contribution >= 0.6 is 0 Å². The lowest BCUT2D eigenvalue weighted by molar-refractivity contribution is -0.139. The van der Waals surface area contributed by atoms with Gasteiger partial charge in [0.15, 0.2) is 6.61 Å². The molecule has 0 aliphatic rings. The van der Waals surface area contributed by atoms with E-state index in [1.807, 2.05) is 0 Å². The van der Waals surface area contributed by atoms with Crippen LogP contribution in [0.3, 0.4) is 0 Å². The molecule has 2 aromatic carbocycles. The van der Waals surface area contributed by atoms with E-state index in [4.69, 9.17) is 14.6 Å². The maximum atomic E-state index is 12.8. The van der Waals surface area contributed by atoms with Gasteiger partial charge in [-0.15, -0.1) is 0 Å². The highest BCUT2D eigenvalue weighted by atomic mass is 19.1. The molecule has 0 atom stereocenters. The Bertz CT molecular complexity index is 748. The number of aliphatic carboxylic acids is 1. The first-order chi connectivity index (χ1) is 12.5. The molecule has 0 bridgehead atoms. The lowest BCUT2D eigenvalue weighted by Crippen LogP contribution is -2.28. The Kier molecular flexibility index (Phi) is 6.96. The Labute approximate surface area is 150 Å². The van der Waals surface area contributed by atoms with Gasteiger partial charge in [0, 0.05) is 19.2 Å². The summed E-state index contributed by atoms with van der Waals surface area (Å²) in [5.74, 6) is -0.709. The van der Waals surface area contributed by atoms with Gasteiger partial charge in [0.1, 0.15) is 17.3 Å². The average molecular weight is 361 g/mol. The molecule has 0 aliphatic carbocycles. The molecule has 0 unspecified atom stereocenters. The highest BCUT2D eigenvalue weighted by Gasteiger charge is 2.12. The van der Waals surface area contributed by atoms with Crippen molar-refractivity contribution >= 4 is 11.9 Å². The number of rotatable bonds is 9. The molecule has 1 N–H and O–H groups in total. The van der Waals surface area contributed by atoms with Gasteiger partial charge >= 0.3 is 5.97 Å². The van der Waals surface area contributed by atoms with Gasteiger partial charge in [0.05, 0.1) is 6.61 Å². The summed E-state index contributed by atoms with van der Waals surface area (Å²) in [6, 6.07) is 12.1. The van der Waals surface area contributed by atoms with Crippen LogP contribution in [0, 0.1) is 5.82 Å². The second-order valence-electron chi connectivity index (χ2n) is 5.59. The van der Waals surface area contributed by atoms with E-state index >= 15 is 0 Å². The zero-order chi connectivity index (χ0) is 18.9. The molecule has 0 aliphatic heterocycles. The number of benzene rings is 2. The number of carboxylic acids is 1. The third kappa shape index (κ3) is 6.08. The van der Waals surface area contributed by atoms with Crippen LogP contribution < -0.4 is 9.47 Å². The molecule has 0 spiro atoms. The number of nitrogens with zero attached hydrogens (tertiary/aromatic N) is 1. The minimum atomic E-state index is -1.08. The van der Waals surface area contributed by atoms with Crippen molar-refractivity contribution in [1.29, 1.82) is 0 Å². The molecule has 2 aromatic rings. The SMILES string of the molecule is CN(CCCOc1ccc(F)cc1)C(=O)c1cccc(OCC(=O)O)c1. The normalized spacial score (nSPS) is 10.2. The van der Waals surface area contributed by atoms with E-state index in [1.165, 1.54) is 18.2 Å². The summed E-state index contributed by atoms with van der Waals surface area (Å²) in [7, 11) is 1.67. The molecular weight excluding hydrogens is 341 g/mol. The first kappa shape index (κ1) is 19.2. The zero-order valence-corrected chi connectivity index (χ0v) is 14.4. The summed E-state index contributed by atoms with van der Waals surface area (Å²) in [6.07, 6.45) is 0.606. The number of amides is 1. The Hall–Kier alpha value is -3.09. The maximum absolute atomic E-state index is 12.8. The van der Waals surface area contributed by atoms with E-state index in [2.05, 4.69) is 0 Å². The average Bonchev–Trinajstić information content (AvgIpc) is 2.64. The van der Waals surface area contributed by atoms with E-state index in [0.717, 1.165) is 0 Å². The number of hydrogen-bond acceptors (Lipinski definition) is 4. The van der Waals surface area contributed by atoms with E-state index in [-0.39, 0.29) is 11.7 Å². The Morgan fingerprint density at radius 1 is 1.08 bits per heavy atom.